The number of benzene rings is 3. The minimum absolute atomic E-state index is 0.00769. The van der Waals surface area contributed by atoms with Gasteiger partial charge in [-0.05, 0) is 35.4 Å². The number of para-hydroxylation sites is 1. The molecule has 1 aromatic heterocycles. The molecule has 0 fully saturated rings. The van der Waals surface area contributed by atoms with Gasteiger partial charge in [0, 0.05) is 11.9 Å². The number of nitrogens with zero attached hydrogens (tertiary/aromatic N) is 1. The Morgan fingerprint density at radius 2 is 1.74 bits per heavy atom. The second kappa shape index (κ2) is 9.02. The van der Waals surface area contributed by atoms with Crippen LogP contribution in [0.1, 0.15) is 27.7 Å². The number of carbonyl (C=O) groups is 2. The fourth-order valence-corrected chi connectivity index (χ4v) is 4.43. The van der Waals surface area contributed by atoms with E-state index in [0.717, 1.165) is 5.56 Å². The highest BCUT2D eigenvalue weighted by atomic mass is 16.5. The van der Waals surface area contributed by atoms with Crippen LogP contribution >= 0.6 is 0 Å². The van der Waals surface area contributed by atoms with Crippen LogP contribution < -0.4 is 9.47 Å². The number of hydrogen-bond acceptors (Lipinski definition) is 6. The average Bonchev–Trinajstić information content (AvgIpc) is 3.44. The zero-order valence-electron chi connectivity index (χ0n) is 19.2. The van der Waals surface area contributed by atoms with E-state index in [9.17, 15) is 14.7 Å². The van der Waals surface area contributed by atoms with E-state index in [2.05, 4.69) is 0 Å². The molecule has 176 valence electrons. The number of hydrogen-bond donors (Lipinski definition) is 1. The van der Waals surface area contributed by atoms with Gasteiger partial charge in [-0.2, -0.15) is 0 Å². The number of ether oxygens (including phenoxy) is 2. The van der Waals surface area contributed by atoms with Crippen LogP contribution in [0.25, 0.3) is 11.0 Å². The lowest BCUT2D eigenvalue weighted by molar-refractivity contribution is -0.130. The Hall–Kier alpha value is -4.52. The maximum atomic E-state index is 13.7. The highest BCUT2D eigenvalue weighted by Crippen LogP contribution is 2.41. The number of aliphatic hydroxyl groups is 1. The van der Waals surface area contributed by atoms with E-state index in [1.165, 1.54) is 12.0 Å². The molecule has 0 radical (unpaired) electrons. The molecular formula is C28H23NO6. The molecule has 1 N–H and O–H groups in total. The molecule has 1 unspecified atom stereocenters. The molecule has 7 nitrogen and oxygen atoms in total. The molecular weight excluding hydrogens is 446 g/mol. The van der Waals surface area contributed by atoms with E-state index < -0.39 is 23.5 Å². The van der Waals surface area contributed by atoms with Gasteiger partial charge in [0.2, 0.25) is 5.78 Å². The first-order chi connectivity index (χ1) is 17.0. The SMILES string of the molecule is COc1cccc(C2C(C(=O)c3cc4cccc(OC)c4o3)=C(O)C(=O)N2Cc2ccccc2)c1. The van der Waals surface area contributed by atoms with Gasteiger partial charge in [0.1, 0.15) is 5.75 Å². The van der Waals surface area contributed by atoms with Gasteiger partial charge >= 0.3 is 0 Å². The van der Waals surface area contributed by atoms with Gasteiger partial charge in [0.05, 0.1) is 25.8 Å². The third kappa shape index (κ3) is 3.91. The van der Waals surface area contributed by atoms with Crippen LogP contribution in [0.15, 0.2) is 94.6 Å². The average molecular weight is 469 g/mol. The molecule has 0 spiro atoms. The number of carbonyl (C=O) groups excluding carboxylic acids is 2. The number of aliphatic hydroxyl groups excluding tert-OH is 1. The van der Waals surface area contributed by atoms with Crippen LogP contribution in [-0.4, -0.2) is 35.9 Å². The third-order valence-corrected chi connectivity index (χ3v) is 6.11. The summed E-state index contributed by atoms with van der Waals surface area (Å²) in [5.74, 6) is -0.728. The van der Waals surface area contributed by atoms with Gasteiger partial charge in [-0.25, -0.2) is 0 Å². The summed E-state index contributed by atoms with van der Waals surface area (Å²) in [5, 5.41) is 11.6. The Labute approximate surface area is 201 Å². The van der Waals surface area contributed by atoms with Crippen LogP contribution in [0.3, 0.4) is 0 Å². The van der Waals surface area contributed by atoms with Crippen molar-refractivity contribution in [2.75, 3.05) is 14.2 Å². The molecule has 5 rings (SSSR count). The summed E-state index contributed by atoms with van der Waals surface area (Å²) in [7, 11) is 3.06. The molecule has 1 atom stereocenters. The van der Waals surface area contributed by atoms with Gasteiger partial charge in [-0.3, -0.25) is 9.59 Å². The van der Waals surface area contributed by atoms with E-state index in [1.807, 2.05) is 30.3 Å². The summed E-state index contributed by atoms with van der Waals surface area (Å²) >= 11 is 0. The minimum atomic E-state index is -0.833. The summed E-state index contributed by atoms with van der Waals surface area (Å²) < 4.78 is 16.6. The maximum Gasteiger partial charge on any atom is 0.290 e. The summed E-state index contributed by atoms with van der Waals surface area (Å²) in [5.41, 5.74) is 1.87. The van der Waals surface area contributed by atoms with Crippen molar-refractivity contribution in [1.29, 1.82) is 0 Å². The fraction of sp³-hybridized carbons (Fsp3) is 0.143. The number of Topliss-reactive ketones (excluding diaryl/α,β-unsaturated/α-hetero) is 1. The number of rotatable bonds is 7. The molecule has 3 aromatic carbocycles. The maximum absolute atomic E-state index is 13.7. The molecule has 1 aliphatic rings. The van der Waals surface area contributed by atoms with E-state index in [-0.39, 0.29) is 17.9 Å². The highest BCUT2D eigenvalue weighted by molar-refractivity contribution is 6.16. The van der Waals surface area contributed by atoms with Crippen LogP contribution in [0.5, 0.6) is 11.5 Å². The van der Waals surface area contributed by atoms with Crippen LogP contribution in [0.4, 0.5) is 0 Å². The van der Waals surface area contributed by atoms with E-state index in [0.29, 0.717) is 28.0 Å². The molecule has 7 heteroatoms. The molecule has 1 aliphatic heterocycles. The van der Waals surface area contributed by atoms with Crippen LogP contribution in [0.2, 0.25) is 0 Å². The Balaban J connectivity index is 1.62. The van der Waals surface area contributed by atoms with Gasteiger partial charge in [0.25, 0.3) is 5.91 Å². The number of methoxy groups -OCH3 is 2. The number of fused-ring (bicyclic) bond motifs is 1. The molecule has 0 saturated heterocycles. The summed E-state index contributed by atoms with van der Waals surface area (Å²) in [6, 6.07) is 22.6. The first-order valence-electron chi connectivity index (χ1n) is 11.0. The highest BCUT2D eigenvalue weighted by Gasteiger charge is 2.44. The quantitative estimate of drug-likeness (QED) is 0.373. The van der Waals surface area contributed by atoms with Crippen LogP contribution in [-0.2, 0) is 11.3 Å². The molecule has 35 heavy (non-hydrogen) atoms. The number of furan rings is 1. The first-order valence-corrected chi connectivity index (χ1v) is 11.0. The van der Waals surface area contributed by atoms with Crippen molar-refractivity contribution in [3.63, 3.8) is 0 Å². The first kappa shape index (κ1) is 22.3. The molecule has 0 aliphatic carbocycles. The van der Waals surface area contributed by atoms with Crippen molar-refractivity contribution < 1.29 is 28.6 Å². The second-order valence-corrected chi connectivity index (χ2v) is 8.18. The van der Waals surface area contributed by atoms with Crippen molar-refractivity contribution in [3.05, 3.63) is 107 Å². The molecule has 0 saturated carbocycles. The monoisotopic (exact) mass is 469 g/mol. The van der Waals surface area contributed by atoms with E-state index >= 15 is 0 Å². The predicted molar refractivity (Wildman–Crippen MR) is 129 cm³/mol. The van der Waals surface area contributed by atoms with Crippen molar-refractivity contribution >= 4 is 22.7 Å². The predicted octanol–water partition coefficient (Wildman–Crippen LogP) is 5.23. The van der Waals surface area contributed by atoms with Gasteiger partial charge in [-0.15, -0.1) is 0 Å². The zero-order valence-corrected chi connectivity index (χ0v) is 19.2. The normalized spacial score (nSPS) is 15.7. The summed E-state index contributed by atoms with van der Waals surface area (Å²) in [4.78, 5) is 28.5. The Bertz CT molecular complexity index is 1450. The topological polar surface area (TPSA) is 89.2 Å². The smallest absolute Gasteiger partial charge is 0.290 e. The van der Waals surface area contributed by atoms with Crippen LogP contribution in [0, 0.1) is 0 Å². The van der Waals surface area contributed by atoms with E-state index in [4.69, 9.17) is 13.9 Å². The van der Waals surface area contributed by atoms with Crippen molar-refractivity contribution in [2.45, 2.75) is 12.6 Å². The van der Waals surface area contributed by atoms with Gasteiger partial charge in [0.15, 0.2) is 22.9 Å². The van der Waals surface area contributed by atoms with Crippen molar-refractivity contribution in [2.24, 2.45) is 0 Å². The lowest BCUT2D eigenvalue weighted by atomic mass is 9.94. The fourth-order valence-electron chi connectivity index (χ4n) is 4.43. The van der Waals surface area contributed by atoms with Gasteiger partial charge < -0.3 is 23.9 Å². The molecule has 0 bridgehead atoms. The van der Waals surface area contributed by atoms with Gasteiger partial charge in [-0.1, -0.05) is 54.6 Å². The van der Waals surface area contributed by atoms with Crippen molar-refractivity contribution in [1.82, 2.24) is 4.90 Å². The Kier molecular flexibility index (Phi) is 5.74. The third-order valence-electron chi connectivity index (χ3n) is 6.11. The molecule has 2 heterocycles. The summed E-state index contributed by atoms with van der Waals surface area (Å²) in [6.07, 6.45) is 0. The number of amides is 1. The lowest BCUT2D eigenvalue weighted by Crippen LogP contribution is -2.30. The minimum Gasteiger partial charge on any atom is -0.503 e. The molecule has 4 aromatic rings. The molecule has 1 amide bonds. The number of ketones is 1. The second-order valence-electron chi connectivity index (χ2n) is 8.18. The Morgan fingerprint density at radius 3 is 2.49 bits per heavy atom. The lowest BCUT2D eigenvalue weighted by Gasteiger charge is -2.27. The zero-order chi connectivity index (χ0) is 24.5. The summed E-state index contributed by atoms with van der Waals surface area (Å²) in [6.45, 7) is 0.205. The van der Waals surface area contributed by atoms with E-state index in [1.54, 1.807) is 55.6 Å². The Morgan fingerprint density at radius 1 is 0.971 bits per heavy atom. The standard InChI is InChI=1S/C28H23NO6/c1-33-20-12-6-10-18(14-20)24-23(26(31)28(32)29(24)16-17-8-4-3-5-9-17)25(30)22-15-19-11-7-13-21(34-2)27(19)35-22/h3-15,24,31H,16H2,1-2H3. The van der Waals surface area contributed by atoms with Crippen molar-refractivity contribution in [3.8, 4) is 11.5 Å². The largest absolute Gasteiger partial charge is 0.503 e.